The highest BCUT2D eigenvalue weighted by Gasteiger charge is 2.16. The third-order valence-electron chi connectivity index (χ3n) is 3.67. The predicted octanol–water partition coefficient (Wildman–Crippen LogP) is 4.44. The van der Waals surface area contributed by atoms with Gasteiger partial charge in [-0.2, -0.15) is 0 Å². The summed E-state index contributed by atoms with van der Waals surface area (Å²) in [4.78, 5) is 15.1. The number of nitrogens with one attached hydrogen (secondary N) is 1. The second-order valence-corrected chi connectivity index (χ2v) is 7.25. The summed E-state index contributed by atoms with van der Waals surface area (Å²) in [5, 5.41) is 12.9. The Morgan fingerprint density at radius 3 is 2.93 bits per heavy atom. The van der Waals surface area contributed by atoms with Gasteiger partial charge in [-0.3, -0.25) is 9.69 Å². The summed E-state index contributed by atoms with van der Waals surface area (Å²) in [6.07, 6.45) is 0.842. The topological polar surface area (TPSA) is 71.3 Å². The van der Waals surface area contributed by atoms with Crippen LogP contribution in [0, 0.1) is 5.82 Å². The zero-order valence-corrected chi connectivity index (χ0v) is 16.2. The van der Waals surface area contributed by atoms with Crippen LogP contribution in [-0.4, -0.2) is 34.1 Å². The molecule has 0 aliphatic rings. The van der Waals surface area contributed by atoms with Crippen LogP contribution in [-0.2, 0) is 11.3 Å². The van der Waals surface area contributed by atoms with Crippen LogP contribution < -0.4 is 5.32 Å². The molecule has 3 aromatic rings. The number of thiophene rings is 1. The van der Waals surface area contributed by atoms with E-state index in [2.05, 4.69) is 15.5 Å². The van der Waals surface area contributed by atoms with Crippen molar-refractivity contribution in [1.82, 2.24) is 15.1 Å². The molecule has 27 heavy (non-hydrogen) atoms. The lowest BCUT2D eigenvalue weighted by molar-refractivity contribution is -0.117. The van der Waals surface area contributed by atoms with Gasteiger partial charge in [-0.25, -0.2) is 4.39 Å². The largest absolute Gasteiger partial charge is 0.419 e. The van der Waals surface area contributed by atoms with Gasteiger partial charge in [0.25, 0.3) is 5.89 Å². The van der Waals surface area contributed by atoms with E-state index in [0.29, 0.717) is 24.9 Å². The van der Waals surface area contributed by atoms with Gasteiger partial charge in [-0.05, 0) is 42.6 Å². The SMILES string of the molecule is CCCN(CC(=O)Nc1ccc(Cl)cc1F)Cc1nnc(-c2cccs2)o1. The molecule has 3 rings (SSSR count). The highest BCUT2D eigenvalue weighted by Crippen LogP contribution is 2.23. The Balaban J connectivity index is 1.62. The van der Waals surface area contributed by atoms with Crippen LogP contribution in [0.3, 0.4) is 0 Å². The molecule has 0 spiro atoms. The fourth-order valence-electron chi connectivity index (χ4n) is 2.52. The first-order valence-electron chi connectivity index (χ1n) is 8.38. The Morgan fingerprint density at radius 1 is 1.37 bits per heavy atom. The van der Waals surface area contributed by atoms with Crippen LogP contribution in [0.1, 0.15) is 19.2 Å². The molecule has 9 heteroatoms. The number of hydrogen-bond donors (Lipinski definition) is 1. The summed E-state index contributed by atoms with van der Waals surface area (Å²) in [6.45, 7) is 3.08. The predicted molar refractivity (Wildman–Crippen MR) is 103 cm³/mol. The standard InChI is InChI=1S/C18H18ClFN4O2S/c1-2-7-24(10-16(25)21-14-6-5-12(19)9-13(14)20)11-17-22-23-18(26-17)15-4-3-8-27-15/h3-6,8-9H,2,7,10-11H2,1H3,(H,21,25). The first-order valence-corrected chi connectivity index (χ1v) is 9.64. The molecule has 0 aliphatic heterocycles. The van der Waals surface area contributed by atoms with Gasteiger partial charge in [0.2, 0.25) is 11.8 Å². The Morgan fingerprint density at radius 2 is 2.22 bits per heavy atom. The minimum Gasteiger partial charge on any atom is -0.419 e. The van der Waals surface area contributed by atoms with E-state index in [-0.39, 0.29) is 23.2 Å². The lowest BCUT2D eigenvalue weighted by Gasteiger charge is -2.19. The van der Waals surface area contributed by atoms with Crippen molar-refractivity contribution in [1.29, 1.82) is 0 Å². The molecule has 0 bridgehead atoms. The Hall–Kier alpha value is -2.29. The monoisotopic (exact) mass is 408 g/mol. The van der Waals surface area contributed by atoms with Gasteiger partial charge in [-0.1, -0.05) is 24.6 Å². The second kappa shape index (κ2) is 9.07. The summed E-state index contributed by atoms with van der Waals surface area (Å²) in [5.41, 5.74) is 0.0959. The highest BCUT2D eigenvalue weighted by atomic mass is 35.5. The molecule has 6 nitrogen and oxygen atoms in total. The first-order chi connectivity index (χ1) is 13.0. The molecule has 1 amide bonds. The molecule has 1 aromatic carbocycles. The van der Waals surface area contributed by atoms with Crippen molar-refractivity contribution >= 4 is 34.5 Å². The third kappa shape index (κ3) is 5.35. The van der Waals surface area contributed by atoms with E-state index in [0.717, 1.165) is 17.4 Å². The number of nitrogens with zero attached hydrogens (tertiary/aromatic N) is 3. The van der Waals surface area contributed by atoms with Crippen LogP contribution >= 0.6 is 22.9 Å². The van der Waals surface area contributed by atoms with Crippen molar-refractivity contribution in [2.24, 2.45) is 0 Å². The molecule has 0 unspecified atom stereocenters. The lowest BCUT2D eigenvalue weighted by Crippen LogP contribution is -2.33. The maximum atomic E-state index is 13.8. The fourth-order valence-corrected chi connectivity index (χ4v) is 3.33. The zero-order chi connectivity index (χ0) is 19.2. The number of hydrogen-bond acceptors (Lipinski definition) is 6. The van der Waals surface area contributed by atoms with E-state index in [1.807, 2.05) is 29.3 Å². The molecule has 0 aliphatic carbocycles. The first kappa shape index (κ1) is 19.5. The van der Waals surface area contributed by atoms with Crippen LogP contribution in [0.15, 0.2) is 40.1 Å². The molecule has 2 aromatic heterocycles. The van der Waals surface area contributed by atoms with Crippen molar-refractivity contribution < 1.29 is 13.6 Å². The molecule has 0 saturated heterocycles. The van der Waals surface area contributed by atoms with Crippen molar-refractivity contribution in [2.75, 3.05) is 18.4 Å². The van der Waals surface area contributed by atoms with Gasteiger partial charge in [0, 0.05) is 5.02 Å². The number of aromatic nitrogens is 2. The van der Waals surface area contributed by atoms with Crippen LogP contribution in [0.2, 0.25) is 5.02 Å². The number of carbonyl (C=O) groups excluding carboxylic acids is 1. The van der Waals surface area contributed by atoms with Gasteiger partial charge in [0.05, 0.1) is 23.7 Å². The minimum absolute atomic E-state index is 0.0760. The Bertz CT molecular complexity index is 901. The van der Waals surface area contributed by atoms with Crippen LogP contribution in [0.25, 0.3) is 10.8 Å². The van der Waals surface area contributed by atoms with Crippen molar-refractivity contribution in [3.05, 3.63) is 52.4 Å². The summed E-state index contributed by atoms with van der Waals surface area (Å²) in [6, 6.07) is 7.93. The average Bonchev–Trinajstić information content (AvgIpc) is 3.29. The maximum Gasteiger partial charge on any atom is 0.257 e. The van der Waals surface area contributed by atoms with E-state index in [4.69, 9.17) is 16.0 Å². The molecule has 1 N–H and O–H groups in total. The molecule has 142 valence electrons. The number of anilines is 1. The Kier molecular flexibility index (Phi) is 6.54. The summed E-state index contributed by atoms with van der Waals surface area (Å²) in [7, 11) is 0. The third-order valence-corrected chi connectivity index (χ3v) is 4.76. The summed E-state index contributed by atoms with van der Waals surface area (Å²) >= 11 is 7.24. The van der Waals surface area contributed by atoms with Gasteiger partial charge in [-0.15, -0.1) is 21.5 Å². The van der Waals surface area contributed by atoms with E-state index >= 15 is 0 Å². The molecule has 2 heterocycles. The number of carbonyl (C=O) groups is 1. The van der Waals surface area contributed by atoms with E-state index in [1.165, 1.54) is 23.5 Å². The average molecular weight is 409 g/mol. The fraction of sp³-hybridized carbons (Fsp3) is 0.278. The number of amides is 1. The van der Waals surface area contributed by atoms with Crippen LogP contribution in [0.5, 0.6) is 0 Å². The van der Waals surface area contributed by atoms with E-state index in [9.17, 15) is 9.18 Å². The molecular formula is C18H18ClFN4O2S. The van der Waals surface area contributed by atoms with E-state index in [1.54, 1.807) is 0 Å². The quantitative estimate of drug-likeness (QED) is 0.596. The number of rotatable bonds is 8. The molecule has 0 fully saturated rings. The van der Waals surface area contributed by atoms with E-state index < -0.39 is 5.82 Å². The lowest BCUT2D eigenvalue weighted by atomic mass is 10.3. The zero-order valence-electron chi connectivity index (χ0n) is 14.6. The molecule has 0 radical (unpaired) electrons. The molecular weight excluding hydrogens is 391 g/mol. The number of halogens is 2. The summed E-state index contributed by atoms with van der Waals surface area (Å²) in [5.74, 6) is -0.0143. The number of benzene rings is 1. The van der Waals surface area contributed by atoms with Gasteiger partial charge < -0.3 is 9.73 Å². The second-order valence-electron chi connectivity index (χ2n) is 5.86. The summed E-state index contributed by atoms with van der Waals surface area (Å²) < 4.78 is 19.5. The van der Waals surface area contributed by atoms with Gasteiger partial charge in [0.15, 0.2) is 0 Å². The highest BCUT2D eigenvalue weighted by molar-refractivity contribution is 7.13. The van der Waals surface area contributed by atoms with Crippen molar-refractivity contribution in [3.8, 4) is 10.8 Å². The minimum atomic E-state index is -0.574. The maximum absolute atomic E-state index is 13.8. The molecule has 0 saturated carbocycles. The van der Waals surface area contributed by atoms with Gasteiger partial charge >= 0.3 is 0 Å². The molecule has 0 atom stereocenters. The van der Waals surface area contributed by atoms with Crippen molar-refractivity contribution in [2.45, 2.75) is 19.9 Å². The normalized spacial score (nSPS) is 11.1. The smallest absolute Gasteiger partial charge is 0.257 e. The van der Waals surface area contributed by atoms with Crippen molar-refractivity contribution in [3.63, 3.8) is 0 Å². The Labute approximate surface area is 165 Å². The van der Waals surface area contributed by atoms with Crippen LogP contribution in [0.4, 0.5) is 10.1 Å². The van der Waals surface area contributed by atoms with Gasteiger partial charge in [0.1, 0.15) is 5.82 Å².